The molecule has 2 atom stereocenters. The first-order valence-corrected chi connectivity index (χ1v) is 10.4. The van der Waals surface area contributed by atoms with Gasteiger partial charge in [-0.3, -0.25) is 9.89 Å². The summed E-state index contributed by atoms with van der Waals surface area (Å²) in [6.45, 7) is 0.285. The van der Waals surface area contributed by atoms with E-state index in [1.165, 1.54) is 5.01 Å². The maximum absolute atomic E-state index is 12.7. The van der Waals surface area contributed by atoms with Crippen molar-refractivity contribution in [1.82, 2.24) is 29.9 Å². The van der Waals surface area contributed by atoms with Gasteiger partial charge in [-0.25, -0.2) is 14.4 Å². The van der Waals surface area contributed by atoms with Crippen molar-refractivity contribution in [2.75, 3.05) is 5.01 Å². The molecule has 29 heavy (non-hydrogen) atoms. The van der Waals surface area contributed by atoms with Crippen molar-refractivity contribution in [1.29, 1.82) is 0 Å². The maximum Gasteiger partial charge on any atom is 0.262 e. The van der Waals surface area contributed by atoms with Gasteiger partial charge in [-0.05, 0) is 36.0 Å². The molecule has 0 aliphatic carbocycles. The highest BCUT2D eigenvalue weighted by atomic mass is 79.9. The van der Waals surface area contributed by atoms with Gasteiger partial charge in [-0.15, -0.1) is 16.7 Å². The summed E-state index contributed by atoms with van der Waals surface area (Å²) in [7, 11) is 0. The Morgan fingerprint density at radius 2 is 1.93 bits per heavy atom. The lowest BCUT2D eigenvalue weighted by atomic mass is 9.95. The maximum atomic E-state index is 12.7. The second-order valence-corrected chi connectivity index (χ2v) is 8.25. The molecule has 2 aromatic heterocycles. The molecule has 2 unspecified atom stereocenters. The third kappa shape index (κ3) is 2.90. The monoisotopic (exact) mass is 489 g/mol. The summed E-state index contributed by atoms with van der Waals surface area (Å²) in [5.41, 5.74) is 2.54. The minimum Gasteiger partial charge on any atom is -0.271 e. The fraction of sp³-hybridized carbons (Fsp3) is 0.167. The lowest BCUT2D eigenvalue weighted by Gasteiger charge is -2.44. The SMILES string of the molecule is O=C1C(Cl)C(c2ccccc2Br)N1n1c(Cn2nnc3ccccc32)n[nH]c1=S. The number of rotatable bonds is 4. The highest BCUT2D eigenvalue weighted by Crippen LogP contribution is 2.40. The van der Waals surface area contributed by atoms with Gasteiger partial charge < -0.3 is 0 Å². The van der Waals surface area contributed by atoms with Gasteiger partial charge in [0.2, 0.25) is 4.77 Å². The second-order valence-electron chi connectivity index (χ2n) is 6.54. The molecule has 4 aromatic rings. The molecule has 1 aliphatic rings. The van der Waals surface area contributed by atoms with Gasteiger partial charge in [0.1, 0.15) is 23.5 Å². The number of halogens is 2. The Morgan fingerprint density at radius 1 is 1.17 bits per heavy atom. The van der Waals surface area contributed by atoms with E-state index in [2.05, 4.69) is 36.4 Å². The van der Waals surface area contributed by atoms with Gasteiger partial charge in [0.25, 0.3) is 5.91 Å². The number of H-pyrrole nitrogens is 1. The van der Waals surface area contributed by atoms with Crippen LogP contribution in [0.1, 0.15) is 17.4 Å². The standard InChI is InChI=1S/C18H13BrClN7OS/c19-11-6-2-1-5-10(11)16-15(20)17(28)27(16)26-14(22-23-18(26)29)9-25-13-8-4-3-7-12(13)21-24-25/h1-8,15-16H,9H2,(H,23,29). The van der Waals surface area contributed by atoms with Crippen molar-refractivity contribution in [2.45, 2.75) is 18.0 Å². The van der Waals surface area contributed by atoms with E-state index in [4.69, 9.17) is 23.8 Å². The predicted molar refractivity (Wildman–Crippen MR) is 114 cm³/mol. The zero-order valence-electron chi connectivity index (χ0n) is 14.7. The zero-order valence-corrected chi connectivity index (χ0v) is 17.9. The lowest BCUT2D eigenvalue weighted by Crippen LogP contribution is -2.62. The molecule has 1 aliphatic heterocycles. The highest BCUT2D eigenvalue weighted by Gasteiger charge is 2.50. The van der Waals surface area contributed by atoms with Gasteiger partial charge >= 0.3 is 0 Å². The minimum atomic E-state index is -0.689. The van der Waals surface area contributed by atoms with Crippen LogP contribution in [0.2, 0.25) is 0 Å². The average Bonchev–Trinajstić information content (AvgIpc) is 3.30. The third-order valence-electron chi connectivity index (χ3n) is 4.87. The molecule has 8 nitrogen and oxygen atoms in total. The number of fused-ring (bicyclic) bond motifs is 1. The van der Waals surface area contributed by atoms with Gasteiger partial charge in [-0.1, -0.05) is 51.5 Å². The number of hydrogen-bond donors (Lipinski definition) is 1. The van der Waals surface area contributed by atoms with Crippen LogP contribution in [0.4, 0.5) is 0 Å². The summed E-state index contributed by atoms with van der Waals surface area (Å²) in [6.07, 6.45) is 0. The van der Waals surface area contributed by atoms with Crippen molar-refractivity contribution in [2.24, 2.45) is 0 Å². The van der Waals surface area contributed by atoms with E-state index in [1.807, 2.05) is 48.5 Å². The minimum absolute atomic E-state index is 0.241. The molecule has 0 radical (unpaired) electrons. The number of nitrogens with one attached hydrogen (secondary N) is 1. The molecule has 0 spiro atoms. The molecule has 3 heterocycles. The highest BCUT2D eigenvalue weighted by molar-refractivity contribution is 9.10. The summed E-state index contributed by atoms with van der Waals surface area (Å²) in [5, 5.41) is 16.3. The Labute approximate surface area is 183 Å². The number of aromatic nitrogens is 6. The molecule has 0 saturated carbocycles. The van der Waals surface area contributed by atoms with Crippen molar-refractivity contribution in [3.05, 3.63) is 69.2 Å². The van der Waals surface area contributed by atoms with Crippen LogP contribution in [-0.4, -0.2) is 41.2 Å². The number of β-lactam (4-membered cyclic amide) rings is 1. The first kappa shape index (κ1) is 18.5. The summed E-state index contributed by atoms with van der Waals surface area (Å²) in [6, 6.07) is 14.9. The van der Waals surface area contributed by atoms with E-state index in [0.29, 0.717) is 10.6 Å². The number of carbonyl (C=O) groups excluding carboxylic acids is 1. The Morgan fingerprint density at radius 3 is 2.76 bits per heavy atom. The van der Waals surface area contributed by atoms with Crippen LogP contribution in [-0.2, 0) is 11.3 Å². The summed E-state index contributed by atoms with van der Waals surface area (Å²) in [4.78, 5) is 12.7. The fourth-order valence-electron chi connectivity index (χ4n) is 3.48. The molecule has 1 N–H and O–H groups in total. The van der Waals surface area contributed by atoms with E-state index in [9.17, 15) is 4.79 Å². The Hall–Kier alpha value is -2.56. The van der Waals surface area contributed by atoms with Crippen LogP contribution >= 0.6 is 39.7 Å². The number of carbonyl (C=O) groups is 1. The molecule has 0 bridgehead atoms. The van der Waals surface area contributed by atoms with Crippen molar-refractivity contribution < 1.29 is 4.79 Å². The second kappa shape index (κ2) is 7.05. The quantitative estimate of drug-likeness (QED) is 0.269. The lowest BCUT2D eigenvalue weighted by molar-refractivity contribution is -0.126. The predicted octanol–water partition coefficient (Wildman–Crippen LogP) is 3.32. The van der Waals surface area contributed by atoms with Gasteiger partial charge in [0.15, 0.2) is 5.82 Å². The summed E-state index contributed by atoms with van der Waals surface area (Å²) < 4.78 is 4.48. The number of hydrogen-bond acceptors (Lipinski definition) is 5. The number of benzene rings is 2. The van der Waals surface area contributed by atoms with Gasteiger partial charge in [-0.2, -0.15) is 5.10 Å². The normalized spacial score (nSPS) is 19.0. The van der Waals surface area contributed by atoms with Crippen LogP contribution in [0.25, 0.3) is 11.0 Å². The number of aromatic amines is 1. The van der Waals surface area contributed by atoms with Crippen LogP contribution in [0.5, 0.6) is 0 Å². The fourth-order valence-corrected chi connectivity index (χ4v) is 4.59. The van der Waals surface area contributed by atoms with Crippen LogP contribution < -0.4 is 5.01 Å². The van der Waals surface area contributed by atoms with E-state index < -0.39 is 5.38 Å². The van der Waals surface area contributed by atoms with E-state index in [1.54, 1.807) is 9.36 Å². The van der Waals surface area contributed by atoms with Crippen molar-refractivity contribution in [3.8, 4) is 0 Å². The molecule has 2 aromatic carbocycles. The Kier molecular flexibility index (Phi) is 4.49. The number of nitrogens with zero attached hydrogens (tertiary/aromatic N) is 6. The molecule has 1 amide bonds. The number of amides is 1. The third-order valence-corrected chi connectivity index (χ3v) is 6.28. The van der Waals surface area contributed by atoms with Crippen molar-refractivity contribution >= 4 is 56.7 Å². The van der Waals surface area contributed by atoms with Crippen molar-refractivity contribution in [3.63, 3.8) is 0 Å². The van der Waals surface area contributed by atoms with E-state index in [0.717, 1.165) is 21.1 Å². The van der Waals surface area contributed by atoms with Gasteiger partial charge in [0, 0.05) is 4.47 Å². The van der Waals surface area contributed by atoms with Crippen LogP contribution in [0.15, 0.2) is 53.0 Å². The molecule has 11 heteroatoms. The van der Waals surface area contributed by atoms with E-state index in [-0.39, 0.29) is 18.5 Å². The number of alkyl halides is 1. The topological polar surface area (TPSA) is 84.6 Å². The van der Waals surface area contributed by atoms with E-state index >= 15 is 0 Å². The molecular weight excluding hydrogens is 478 g/mol. The van der Waals surface area contributed by atoms with Crippen LogP contribution in [0, 0.1) is 4.77 Å². The molecule has 1 saturated heterocycles. The average molecular weight is 491 g/mol. The Bertz CT molecular complexity index is 1300. The zero-order chi connectivity index (χ0) is 20.1. The Balaban J connectivity index is 1.56. The molecule has 1 fully saturated rings. The van der Waals surface area contributed by atoms with Gasteiger partial charge in [0.05, 0.1) is 5.52 Å². The first-order chi connectivity index (χ1) is 14.1. The summed E-state index contributed by atoms with van der Waals surface area (Å²) in [5.74, 6) is 0.286. The molecule has 5 rings (SSSR count). The first-order valence-electron chi connectivity index (χ1n) is 8.72. The smallest absolute Gasteiger partial charge is 0.262 e. The largest absolute Gasteiger partial charge is 0.271 e. The molecule has 146 valence electrons. The van der Waals surface area contributed by atoms with Crippen LogP contribution in [0.3, 0.4) is 0 Å². The number of para-hydroxylation sites is 1. The summed E-state index contributed by atoms with van der Waals surface area (Å²) >= 11 is 15.4. The molecular formula is C18H13BrClN7OS.